The molecular weight excluding hydrogens is 160 g/mol. The summed E-state index contributed by atoms with van der Waals surface area (Å²) >= 11 is 0. The van der Waals surface area contributed by atoms with E-state index in [2.05, 4.69) is 20.8 Å². The van der Waals surface area contributed by atoms with Gasteiger partial charge in [-0.05, 0) is 31.1 Å². The molecule has 1 saturated carbocycles. The summed E-state index contributed by atoms with van der Waals surface area (Å²) < 4.78 is 0. The monoisotopic (exact) mass is 182 g/mol. The molecule has 1 rings (SSSR count). The molecule has 0 aliphatic heterocycles. The van der Waals surface area contributed by atoms with Crippen LogP contribution in [0.15, 0.2) is 0 Å². The van der Waals surface area contributed by atoms with E-state index in [0.717, 1.165) is 25.7 Å². The van der Waals surface area contributed by atoms with E-state index in [0.29, 0.717) is 17.1 Å². The minimum absolute atomic E-state index is 0.433. The van der Waals surface area contributed by atoms with Gasteiger partial charge < -0.3 is 0 Å². The van der Waals surface area contributed by atoms with Gasteiger partial charge in [-0.2, -0.15) is 0 Å². The number of unbranched alkanes of at least 4 members (excludes halogenated alkanes) is 1. The van der Waals surface area contributed by atoms with E-state index in [9.17, 15) is 4.79 Å². The minimum Gasteiger partial charge on any atom is -0.299 e. The SMILES string of the molecule is CC(C)(C)CCCCC(=O)C1CC1. The van der Waals surface area contributed by atoms with Gasteiger partial charge in [-0.1, -0.05) is 27.2 Å². The number of hydrogen-bond acceptors (Lipinski definition) is 1. The molecule has 1 heteroatoms. The molecule has 1 aliphatic rings. The average Bonchev–Trinajstić information content (AvgIpc) is 2.77. The van der Waals surface area contributed by atoms with Gasteiger partial charge in [0.25, 0.3) is 0 Å². The molecule has 0 atom stereocenters. The molecule has 1 fully saturated rings. The van der Waals surface area contributed by atoms with E-state index < -0.39 is 0 Å². The third-order valence-corrected chi connectivity index (χ3v) is 2.63. The second kappa shape index (κ2) is 4.26. The number of hydrogen-bond donors (Lipinski definition) is 0. The first-order valence-electron chi connectivity index (χ1n) is 5.52. The standard InChI is InChI=1S/C12H22O/c1-12(2,3)9-5-4-6-11(13)10-7-8-10/h10H,4-9H2,1-3H3. The maximum absolute atomic E-state index is 11.3. The van der Waals surface area contributed by atoms with Crippen molar-refractivity contribution in [2.75, 3.05) is 0 Å². The van der Waals surface area contributed by atoms with Gasteiger partial charge in [0.1, 0.15) is 5.78 Å². The molecule has 0 spiro atoms. The summed E-state index contributed by atoms with van der Waals surface area (Å²) in [5, 5.41) is 0. The van der Waals surface area contributed by atoms with Crippen LogP contribution < -0.4 is 0 Å². The molecule has 13 heavy (non-hydrogen) atoms. The first kappa shape index (κ1) is 10.7. The largest absolute Gasteiger partial charge is 0.299 e. The lowest BCUT2D eigenvalue weighted by molar-refractivity contribution is -0.120. The summed E-state index contributed by atoms with van der Waals surface area (Å²) in [6.45, 7) is 6.78. The number of carbonyl (C=O) groups is 1. The average molecular weight is 182 g/mol. The van der Waals surface area contributed by atoms with Crippen LogP contribution in [0.25, 0.3) is 0 Å². The maximum Gasteiger partial charge on any atom is 0.135 e. The Morgan fingerprint density at radius 2 is 1.85 bits per heavy atom. The van der Waals surface area contributed by atoms with E-state index >= 15 is 0 Å². The van der Waals surface area contributed by atoms with Crippen LogP contribution in [0.3, 0.4) is 0 Å². The summed E-state index contributed by atoms with van der Waals surface area (Å²) in [6.07, 6.45) is 6.72. The Morgan fingerprint density at radius 1 is 1.23 bits per heavy atom. The molecule has 0 radical (unpaired) electrons. The van der Waals surface area contributed by atoms with Crippen molar-refractivity contribution in [3.63, 3.8) is 0 Å². The Balaban J connectivity index is 1.97. The lowest BCUT2D eigenvalue weighted by Gasteiger charge is -2.17. The molecule has 0 aromatic rings. The second-order valence-electron chi connectivity index (χ2n) is 5.51. The number of rotatable bonds is 5. The Kier molecular flexibility index (Phi) is 3.52. The maximum atomic E-state index is 11.3. The van der Waals surface area contributed by atoms with Crippen LogP contribution >= 0.6 is 0 Å². The predicted molar refractivity (Wildman–Crippen MR) is 55.7 cm³/mol. The second-order valence-corrected chi connectivity index (χ2v) is 5.51. The van der Waals surface area contributed by atoms with Crippen LogP contribution in [0.5, 0.6) is 0 Å². The minimum atomic E-state index is 0.433. The summed E-state index contributed by atoms with van der Waals surface area (Å²) in [4.78, 5) is 11.3. The molecular formula is C12H22O. The van der Waals surface area contributed by atoms with Crippen molar-refractivity contribution in [1.82, 2.24) is 0 Å². The summed E-state index contributed by atoms with van der Waals surface area (Å²) in [5.74, 6) is 0.989. The van der Waals surface area contributed by atoms with E-state index in [-0.39, 0.29) is 0 Å². The lowest BCUT2D eigenvalue weighted by Crippen LogP contribution is -2.05. The van der Waals surface area contributed by atoms with Crippen LogP contribution in [0, 0.1) is 11.3 Å². The molecule has 0 saturated heterocycles. The van der Waals surface area contributed by atoms with E-state index in [4.69, 9.17) is 0 Å². The normalized spacial score (nSPS) is 17.5. The first-order valence-corrected chi connectivity index (χ1v) is 5.52. The third kappa shape index (κ3) is 5.07. The van der Waals surface area contributed by atoms with Crippen molar-refractivity contribution in [2.24, 2.45) is 11.3 Å². The molecule has 0 amide bonds. The van der Waals surface area contributed by atoms with Crippen molar-refractivity contribution in [3.8, 4) is 0 Å². The molecule has 0 aromatic heterocycles. The van der Waals surface area contributed by atoms with Crippen molar-refractivity contribution < 1.29 is 4.79 Å². The summed E-state index contributed by atoms with van der Waals surface area (Å²) in [7, 11) is 0. The van der Waals surface area contributed by atoms with Crippen LogP contribution in [0.2, 0.25) is 0 Å². The fourth-order valence-electron chi connectivity index (χ4n) is 1.56. The Labute approximate surface area is 81.9 Å². The van der Waals surface area contributed by atoms with E-state index in [1.54, 1.807) is 0 Å². The fourth-order valence-corrected chi connectivity index (χ4v) is 1.56. The zero-order chi connectivity index (χ0) is 9.90. The highest BCUT2D eigenvalue weighted by atomic mass is 16.1. The molecule has 1 nitrogen and oxygen atoms in total. The Hall–Kier alpha value is -0.330. The van der Waals surface area contributed by atoms with Gasteiger partial charge in [0.15, 0.2) is 0 Å². The number of Topliss-reactive ketones (excluding diaryl/α,β-unsaturated/α-hetero) is 1. The summed E-state index contributed by atoms with van der Waals surface area (Å²) in [6, 6.07) is 0. The van der Waals surface area contributed by atoms with Crippen LogP contribution in [0.1, 0.15) is 59.3 Å². The van der Waals surface area contributed by atoms with Gasteiger partial charge in [-0.15, -0.1) is 0 Å². The van der Waals surface area contributed by atoms with E-state index in [1.165, 1.54) is 12.8 Å². The van der Waals surface area contributed by atoms with Crippen LogP contribution in [-0.4, -0.2) is 5.78 Å². The highest BCUT2D eigenvalue weighted by molar-refractivity contribution is 5.82. The van der Waals surface area contributed by atoms with Crippen molar-refractivity contribution in [3.05, 3.63) is 0 Å². The number of ketones is 1. The quantitative estimate of drug-likeness (QED) is 0.594. The molecule has 76 valence electrons. The van der Waals surface area contributed by atoms with Gasteiger partial charge in [-0.3, -0.25) is 4.79 Å². The van der Waals surface area contributed by atoms with Crippen molar-refractivity contribution in [2.45, 2.75) is 59.3 Å². The lowest BCUT2D eigenvalue weighted by atomic mass is 9.89. The van der Waals surface area contributed by atoms with E-state index in [1.807, 2.05) is 0 Å². The molecule has 1 aliphatic carbocycles. The van der Waals surface area contributed by atoms with Crippen molar-refractivity contribution in [1.29, 1.82) is 0 Å². The zero-order valence-electron chi connectivity index (χ0n) is 9.23. The van der Waals surface area contributed by atoms with Gasteiger partial charge in [0, 0.05) is 12.3 Å². The highest BCUT2D eigenvalue weighted by Gasteiger charge is 2.28. The van der Waals surface area contributed by atoms with Gasteiger partial charge in [0.2, 0.25) is 0 Å². The first-order chi connectivity index (χ1) is 5.99. The molecule has 0 unspecified atom stereocenters. The molecule has 0 heterocycles. The van der Waals surface area contributed by atoms with Crippen molar-refractivity contribution >= 4 is 5.78 Å². The predicted octanol–water partition coefficient (Wildman–Crippen LogP) is 3.57. The molecule has 0 N–H and O–H groups in total. The molecule has 0 aromatic carbocycles. The fraction of sp³-hybridized carbons (Fsp3) is 0.917. The van der Waals surface area contributed by atoms with Gasteiger partial charge >= 0.3 is 0 Å². The smallest absolute Gasteiger partial charge is 0.135 e. The highest BCUT2D eigenvalue weighted by Crippen LogP contribution is 2.31. The van der Waals surface area contributed by atoms with Crippen LogP contribution in [0.4, 0.5) is 0 Å². The Bertz CT molecular complexity index is 172. The van der Waals surface area contributed by atoms with Crippen LogP contribution in [-0.2, 0) is 4.79 Å². The van der Waals surface area contributed by atoms with Gasteiger partial charge in [0.05, 0.1) is 0 Å². The topological polar surface area (TPSA) is 17.1 Å². The molecule has 0 bridgehead atoms. The summed E-state index contributed by atoms with van der Waals surface area (Å²) in [5.41, 5.74) is 0.433. The van der Waals surface area contributed by atoms with Gasteiger partial charge in [-0.25, -0.2) is 0 Å². The third-order valence-electron chi connectivity index (χ3n) is 2.63. The zero-order valence-corrected chi connectivity index (χ0v) is 9.23. The Morgan fingerprint density at radius 3 is 2.31 bits per heavy atom. The number of carbonyl (C=O) groups excluding carboxylic acids is 1.